The van der Waals surface area contributed by atoms with Crippen LogP contribution in [0.5, 0.6) is 0 Å². The monoisotopic (exact) mass is 389 g/mol. The fourth-order valence-corrected chi connectivity index (χ4v) is 2.82. The minimum Gasteiger partial charge on any atom is -0.480 e. The number of hydrogen-bond acceptors (Lipinski definition) is 4. The van der Waals surface area contributed by atoms with Gasteiger partial charge in [-0.2, -0.15) is 0 Å². The molecular weight excluding hydrogens is 361 g/mol. The Labute approximate surface area is 165 Å². The topological polar surface area (TPSA) is 59.0 Å². The van der Waals surface area contributed by atoms with E-state index in [4.69, 9.17) is 14.6 Å². The fourth-order valence-electron chi connectivity index (χ4n) is 2.82. The van der Waals surface area contributed by atoms with Crippen LogP contribution in [-0.4, -0.2) is 54.6 Å². The first-order chi connectivity index (χ1) is 13.5. The number of carbonyl (C=O) groups is 1. The zero-order valence-corrected chi connectivity index (χ0v) is 16.2. The van der Waals surface area contributed by atoms with E-state index in [9.17, 15) is 9.18 Å². The van der Waals surface area contributed by atoms with Crippen molar-refractivity contribution in [2.24, 2.45) is 0 Å². The van der Waals surface area contributed by atoms with E-state index in [1.807, 2.05) is 60.7 Å². The van der Waals surface area contributed by atoms with Gasteiger partial charge in [-0.15, -0.1) is 0 Å². The van der Waals surface area contributed by atoms with Crippen LogP contribution in [0.3, 0.4) is 0 Å². The largest absolute Gasteiger partial charge is 0.480 e. The lowest BCUT2D eigenvalue weighted by atomic mass is 10.1. The number of rotatable bonds is 13. The van der Waals surface area contributed by atoms with Crippen LogP contribution in [0, 0.1) is 0 Å². The van der Waals surface area contributed by atoms with Crippen molar-refractivity contribution in [3.05, 3.63) is 71.8 Å². The molecule has 0 aliphatic heterocycles. The number of halogens is 1. The van der Waals surface area contributed by atoms with Gasteiger partial charge in [0.1, 0.15) is 12.8 Å². The zero-order chi connectivity index (χ0) is 20.2. The summed E-state index contributed by atoms with van der Waals surface area (Å²) in [5.74, 6) is -1.03. The smallest absolute Gasteiger partial charge is 0.329 e. The summed E-state index contributed by atoms with van der Waals surface area (Å²) in [6, 6.07) is 20.0. The molecule has 2 aromatic carbocycles. The van der Waals surface area contributed by atoms with Crippen LogP contribution in [0.1, 0.15) is 18.1 Å². The number of benzene rings is 2. The first-order valence-corrected chi connectivity index (χ1v) is 9.40. The van der Waals surface area contributed by atoms with Crippen LogP contribution < -0.4 is 0 Å². The number of carboxylic acid groups (broad SMARTS) is 1. The molecule has 0 aromatic heterocycles. The lowest BCUT2D eigenvalue weighted by Crippen LogP contribution is -2.36. The molecule has 0 saturated carbocycles. The molecule has 0 saturated heterocycles. The van der Waals surface area contributed by atoms with Gasteiger partial charge in [-0.3, -0.25) is 4.90 Å². The second-order valence-corrected chi connectivity index (χ2v) is 6.68. The summed E-state index contributed by atoms with van der Waals surface area (Å²) in [7, 11) is 0. The van der Waals surface area contributed by atoms with Gasteiger partial charge in [0.15, 0.2) is 0 Å². The molecule has 2 atom stereocenters. The lowest BCUT2D eigenvalue weighted by molar-refractivity contribution is -0.143. The predicted octanol–water partition coefficient (Wildman–Crippen LogP) is 3.53. The highest BCUT2D eigenvalue weighted by atomic mass is 19.1. The Morgan fingerprint density at radius 3 is 2.04 bits per heavy atom. The molecule has 2 rings (SSSR count). The molecule has 0 aliphatic rings. The zero-order valence-electron chi connectivity index (χ0n) is 16.2. The van der Waals surface area contributed by atoms with E-state index in [2.05, 4.69) is 4.90 Å². The van der Waals surface area contributed by atoms with Crippen molar-refractivity contribution in [3.63, 3.8) is 0 Å². The molecule has 28 heavy (non-hydrogen) atoms. The van der Waals surface area contributed by atoms with Crippen LogP contribution in [-0.2, 0) is 27.4 Å². The summed E-state index contributed by atoms with van der Waals surface area (Å²) in [6.07, 6.45) is -1.78. The average molecular weight is 389 g/mol. The molecule has 0 amide bonds. The van der Waals surface area contributed by atoms with Gasteiger partial charge < -0.3 is 14.6 Å². The van der Waals surface area contributed by atoms with E-state index < -0.39 is 18.2 Å². The van der Waals surface area contributed by atoms with Crippen LogP contribution in [0.25, 0.3) is 0 Å². The normalized spacial score (nSPS) is 13.4. The molecule has 0 radical (unpaired) electrons. The SMILES string of the molecule is CC(OCCOCC(=O)O)C(F)CN(Cc1ccccc1)Cc1ccccc1. The minimum atomic E-state index is -1.17. The molecule has 0 heterocycles. The van der Waals surface area contributed by atoms with Crippen LogP contribution >= 0.6 is 0 Å². The molecule has 0 aliphatic carbocycles. The Bertz CT molecular complexity index is 642. The van der Waals surface area contributed by atoms with Crippen LogP contribution in [0.4, 0.5) is 4.39 Å². The van der Waals surface area contributed by atoms with Crippen molar-refractivity contribution in [2.75, 3.05) is 26.4 Å². The van der Waals surface area contributed by atoms with E-state index in [0.717, 1.165) is 11.1 Å². The van der Waals surface area contributed by atoms with E-state index in [-0.39, 0.29) is 26.4 Å². The predicted molar refractivity (Wildman–Crippen MR) is 106 cm³/mol. The molecule has 1 N–H and O–H groups in total. The standard InChI is InChI=1S/C22H28FNO4/c1-18(28-13-12-27-17-22(25)26)21(23)16-24(14-19-8-4-2-5-9-19)15-20-10-6-3-7-11-20/h2-11,18,21H,12-17H2,1H3,(H,25,26). The van der Waals surface area contributed by atoms with Crippen molar-refractivity contribution in [1.82, 2.24) is 4.90 Å². The Hall–Kier alpha value is -2.28. The first kappa shape index (κ1) is 22.0. The Morgan fingerprint density at radius 2 is 1.54 bits per heavy atom. The van der Waals surface area contributed by atoms with Crippen molar-refractivity contribution in [3.8, 4) is 0 Å². The van der Waals surface area contributed by atoms with E-state index in [0.29, 0.717) is 13.1 Å². The highest BCUT2D eigenvalue weighted by Gasteiger charge is 2.21. The molecule has 6 heteroatoms. The Morgan fingerprint density at radius 1 is 1.00 bits per heavy atom. The number of nitrogens with zero attached hydrogens (tertiary/aromatic N) is 1. The first-order valence-electron chi connectivity index (χ1n) is 9.40. The maximum atomic E-state index is 14.8. The summed E-state index contributed by atoms with van der Waals surface area (Å²) >= 11 is 0. The lowest BCUT2D eigenvalue weighted by Gasteiger charge is -2.27. The number of carboxylic acids is 1. The average Bonchev–Trinajstić information content (AvgIpc) is 2.68. The molecule has 152 valence electrons. The molecule has 0 bridgehead atoms. The van der Waals surface area contributed by atoms with Crippen molar-refractivity contribution >= 4 is 5.97 Å². The van der Waals surface area contributed by atoms with Gasteiger partial charge in [-0.05, 0) is 18.1 Å². The third-order valence-electron chi connectivity index (χ3n) is 4.27. The molecule has 0 fully saturated rings. The van der Waals surface area contributed by atoms with Gasteiger partial charge in [-0.1, -0.05) is 60.7 Å². The number of hydrogen-bond donors (Lipinski definition) is 1. The molecule has 0 spiro atoms. The third kappa shape index (κ3) is 8.61. The highest BCUT2D eigenvalue weighted by molar-refractivity contribution is 5.67. The highest BCUT2D eigenvalue weighted by Crippen LogP contribution is 2.14. The number of alkyl halides is 1. The minimum absolute atomic E-state index is 0.126. The quantitative estimate of drug-likeness (QED) is 0.531. The molecule has 2 unspecified atom stereocenters. The summed E-state index contributed by atoms with van der Waals surface area (Å²) in [6.45, 7) is 3.12. The van der Waals surface area contributed by atoms with Crippen LogP contribution in [0.2, 0.25) is 0 Å². The third-order valence-corrected chi connectivity index (χ3v) is 4.27. The number of aliphatic carboxylic acids is 1. The van der Waals surface area contributed by atoms with Crippen LogP contribution in [0.15, 0.2) is 60.7 Å². The molecule has 2 aromatic rings. The van der Waals surface area contributed by atoms with E-state index in [1.165, 1.54) is 0 Å². The molecule has 5 nitrogen and oxygen atoms in total. The van der Waals surface area contributed by atoms with E-state index >= 15 is 0 Å². The van der Waals surface area contributed by atoms with Gasteiger partial charge in [-0.25, -0.2) is 9.18 Å². The van der Waals surface area contributed by atoms with Gasteiger partial charge >= 0.3 is 5.97 Å². The van der Waals surface area contributed by atoms with Crippen molar-refractivity contribution in [2.45, 2.75) is 32.3 Å². The number of ether oxygens (including phenoxy) is 2. The maximum Gasteiger partial charge on any atom is 0.329 e. The summed E-state index contributed by atoms with van der Waals surface area (Å²) < 4.78 is 25.2. The van der Waals surface area contributed by atoms with Gasteiger partial charge in [0.25, 0.3) is 0 Å². The second-order valence-electron chi connectivity index (χ2n) is 6.68. The molecular formula is C22H28FNO4. The Balaban J connectivity index is 1.87. The summed E-state index contributed by atoms with van der Waals surface area (Å²) in [5, 5.41) is 8.52. The Kier molecular flexibility index (Phi) is 9.62. The summed E-state index contributed by atoms with van der Waals surface area (Å²) in [5.41, 5.74) is 2.25. The van der Waals surface area contributed by atoms with Crippen molar-refractivity contribution in [1.29, 1.82) is 0 Å². The van der Waals surface area contributed by atoms with Gasteiger partial charge in [0, 0.05) is 19.6 Å². The second kappa shape index (κ2) is 12.2. The fraction of sp³-hybridized carbons (Fsp3) is 0.409. The maximum absolute atomic E-state index is 14.8. The van der Waals surface area contributed by atoms with Crippen molar-refractivity contribution < 1.29 is 23.8 Å². The van der Waals surface area contributed by atoms with E-state index in [1.54, 1.807) is 6.92 Å². The van der Waals surface area contributed by atoms with Gasteiger partial charge in [0.05, 0.1) is 19.3 Å². The summed E-state index contributed by atoms with van der Waals surface area (Å²) in [4.78, 5) is 12.5. The van der Waals surface area contributed by atoms with Gasteiger partial charge in [0.2, 0.25) is 0 Å².